The van der Waals surface area contributed by atoms with Crippen LogP contribution in [0.25, 0.3) is 6.08 Å². The van der Waals surface area contributed by atoms with Crippen molar-refractivity contribution in [3.63, 3.8) is 0 Å². The second-order valence-corrected chi connectivity index (χ2v) is 7.41. The first-order chi connectivity index (χ1) is 15.0. The Morgan fingerprint density at radius 2 is 1.55 bits per heavy atom. The third kappa shape index (κ3) is 5.67. The number of ether oxygens (including phenoxy) is 4. The van der Waals surface area contributed by atoms with Crippen LogP contribution in [0.1, 0.15) is 21.5 Å². The Morgan fingerprint density at radius 1 is 0.839 bits per heavy atom. The summed E-state index contributed by atoms with van der Waals surface area (Å²) in [6.45, 7) is 0.330. The molecule has 0 aliphatic heterocycles. The standard InChI is InChI=1S/C25H23BrO5/c1-28-22-12-9-17(14-19(22)16-31-23-7-5-4-6-20(23)26)8-11-21(27)18-10-13-24(29-2)25(15-18)30-3/h4-15H,16H2,1-3H3/b11-8+. The van der Waals surface area contributed by atoms with Gasteiger partial charge >= 0.3 is 0 Å². The number of para-hydroxylation sites is 1. The summed E-state index contributed by atoms with van der Waals surface area (Å²) in [6.07, 6.45) is 3.29. The van der Waals surface area contributed by atoms with Crippen molar-refractivity contribution in [2.75, 3.05) is 21.3 Å². The Kier molecular flexibility index (Phi) is 7.73. The van der Waals surface area contributed by atoms with Crippen LogP contribution >= 0.6 is 15.9 Å². The lowest BCUT2D eigenvalue weighted by Crippen LogP contribution is -2.00. The molecular weight excluding hydrogens is 460 g/mol. The highest BCUT2D eigenvalue weighted by Gasteiger charge is 2.10. The molecule has 6 heteroatoms. The first-order valence-corrected chi connectivity index (χ1v) is 10.3. The molecule has 160 valence electrons. The number of hydrogen-bond donors (Lipinski definition) is 0. The highest BCUT2D eigenvalue weighted by atomic mass is 79.9. The van der Waals surface area contributed by atoms with Crippen LogP contribution in [0.5, 0.6) is 23.0 Å². The minimum absolute atomic E-state index is 0.136. The van der Waals surface area contributed by atoms with Crippen LogP contribution in [0.4, 0.5) is 0 Å². The van der Waals surface area contributed by atoms with Crippen LogP contribution in [0, 0.1) is 0 Å². The van der Waals surface area contributed by atoms with Gasteiger partial charge in [0.15, 0.2) is 17.3 Å². The van der Waals surface area contributed by atoms with Crippen LogP contribution in [0.2, 0.25) is 0 Å². The van der Waals surface area contributed by atoms with Crippen molar-refractivity contribution in [2.24, 2.45) is 0 Å². The summed E-state index contributed by atoms with van der Waals surface area (Å²) in [4.78, 5) is 12.6. The highest BCUT2D eigenvalue weighted by molar-refractivity contribution is 9.10. The van der Waals surface area contributed by atoms with Crippen molar-refractivity contribution in [3.05, 3.63) is 87.9 Å². The first-order valence-electron chi connectivity index (χ1n) is 9.54. The number of carbonyl (C=O) groups is 1. The first kappa shape index (κ1) is 22.4. The summed E-state index contributed by atoms with van der Waals surface area (Å²) in [5, 5.41) is 0. The summed E-state index contributed by atoms with van der Waals surface area (Å²) < 4.78 is 22.7. The maximum atomic E-state index is 12.6. The molecule has 3 aromatic carbocycles. The van der Waals surface area contributed by atoms with E-state index in [2.05, 4.69) is 15.9 Å². The molecule has 0 saturated carbocycles. The zero-order chi connectivity index (χ0) is 22.2. The van der Waals surface area contributed by atoms with Crippen molar-refractivity contribution in [3.8, 4) is 23.0 Å². The Labute approximate surface area is 190 Å². The number of allylic oxidation sites excluding steroid dienone is 1. The van der Waals surface area contributed by atoms with Gasteiger partial charge in [0.2, 0.25) is 0 Å². The van der Waals surface area contributed by atoms with Crippen LogP contribution < -0.4 is 18.9 Å². The maximum absolute atomic E-state index is 12.6. The molecule has 0 fully saturated rings. The number of halogens is 1. The molecule has 0 amide bonds. The molecule has 0 aromatic heterocycles. The van der Waals surface area contributed by atoms with Gasteiger partial charge in [-0.15, -0.1) is 0 Å². The lowest BCUT2D eigenvalue weighted by Gasteiger charge is -2.12. The van der Waals surface area contributed by atoms with Crippen LogP contribution in [0.3, 0.4) is 0 Å². The molecule has 0 spiro atoms. The molecule has 0 bridgehead atoms. The van der Waals surface area contributed by atoms with E-state index in [0.29, 0.717) is 23.7 Å². The number of rotatable bonds is 9. The summed E-state index contributed by atoms with van der Waals surface area (Å²) in [7, 11) is 4.71. The summed E-state index contributed by atoms with van der Waals surface area (Å²) >= 11 is 3.48. The summed E-state index contributed by atoms with van der Waals surface area (Å²) in [6, 6.07) is 18.4. The fraction of sp³-hybridized carbons (Fsp3) is 0.160. The number of methoxy groups -OCH3 is 3. The molecule has 0 atom stereocenters. The third-order valence-electron chi connectivity index (χ3n) is 4.62. The minimum atomic E-state index is -0.136. The normalized spacial score (nSPS) is 10.7. The Morgan fingerprint density at radius 3 is 2.26 bits per heavy atom. The molecule has 3 aromatic rings. The lowest BCUT2D eigenvalue weighted by atomic mass is 10.1. The Hall–Kier alpha value is -3.25. The van der Waals surface area contributed by atoms with Gasteiger partial charge in [0.25, 0.3) is 0 Å². The van der Waals surface area contributed by atoms with Gasteiger partial charge in [0.1, 0.15) is 18.1 Å². The molecule has 0 aliphatic rings. The predicted molar refractivity (Wildman–Crippen MR) is 124 cm³/mol. The summed E-state index contributed by atoms with van der Waals surface area (Å²) in [5.41, 5.74) is 2.25. The molecule has 0 heterocycles. The van der Waals surface area contributed by atoms with Gasteiger partial charge in [-0.3, -0.25) is 4.79 Å². The van der Waals surface area contributed by atoms with Crippen molar-refractivity contribution in [1.82, 2.24) is 0 Å². The van der Waals surface area contributed by atoms with Gasteiger partial charge in [-0.1, -0.05) is 24.3 Å². The fourth-order valence-corrected chi connectivity index (χ4v) is 3.39. The van der Waals surface area contributed by atoms with E-state index < -0.39 is 0 Å². The average molecular weight is 483 g/mol. The number of carbonyl (C=O) groups excluding carboxylic acids is 1. The molecule has 0 N–H and O–H groups in total. The molecule has 5 nitrogen and oxygen atoms in total. The largest absolute Gasteiger partial charge is 0.496 e. The topological polar surface area (TPSA) is 54.0 Å². The number of hydrogen-bond acceptors (Lipinski definition) is 5. The SMILES string of the molecule is COc1ccc(/C=C/C(=O)c2ccc(OC)c(OC)c2)cc1COc1ccccc1Br. The van der Waals surface area contributed by atoms with Gasteiger partial charge in [-0.25, -0.2) is 0 Å². The number of ketones is 1. The fourth-order valence-electron chi connectivity index (χ4n) is 2.99. The monoisotopic (exact) mass is 482 g/mol. The molecule has 0 aliphatic carbocycles. The average Bonchev–Trinajstić information content (AvgIpc) is 2.81. The van der Waals surface area contributed by atoms with Crippen LogP contribution in [-0.2, 0) is 6.61 Å². The van der Waals surface area contributed by atoms with Gasteiger partial charge in [-0.05, 0) is 70.0 Å². The third-order valence-corrected chi connectivity index (χ3v) is 5.27. The smallest absolute Gasteiger partial charge is 0.185 e. The van der Waals surface area contributed by atoms with E-state index in [9.17, 15) is 4.79 Å². The van der Waals surface area contributed by atoms with Crippen molar-refractivity contribution in [1.29, 1.82) is 0 Å². The molecule has 0 radical (unpaired) electrons. The molecular formula is C25H23BrO5. The van der Waals surface area contributed by atoms with Crippen molar-refractivity contribution in [2.45, 2.75) is 6.61 Å². The second-order valence-electron chi connectivity index (χ2n) is 6.56. The Bertz CT molecular complexity index is 1090. The van der Waals surface area contributed by atoms with E-state index in [1.807, 2.05) is 42.5 Å². The predicted octanol–water partition coefficient (Wildman–Crippen LogP) is 5.95. The quantitative estimate of drug-likeness (QED) is 0.278. The van der Waals surface area contributed by atoms with Gasteiger partial charge in [-0.2, -0.15) is 0 Å². The second kappa shape index (κ2) is 10.7. The Balaban J connectivity index is 1.77. The summed E-state index contributed by atoms with van der Waals surface area (Å²) in [5.74, 6) is 2.41. The molecule has 31 heavy (non-hydrogen) atoms. The number of benzene rings is 3. The molecule has 3 rings (SSSR count). The van der Waals surface area contributed by atoms with Crippen LogP contribution in [0.15, 0.2) is 71.2 Å². The zero-order valence-electron chi connectivity index (χ0n) is 17.6. The van der Waals surface area contributed by atoms with E-state index in [1.165, 1.54) is 13.2 Å². The van der Waals surface area contributed by atoms with E-state index in [0.717, 1.165) is 27.1 Å². The maximum Gasteiger partial charge on any atom is 0.185 e. The highest BCUT2D eigenvalue weighted by Crippen LogP contribution is 2.29. The van der Waals surface area contributed by atoms with E-state index in [1.54, 1.807) is 38.5 Å². The van der Waals surface area contributed by atoms with Crippen LogP contribution in [-0.4, -0.2) is 27.1 Å². The van der Waals surface area contributed by atoms with E-state index in [-0.39, 0.29) is 5.78 Å². The van der Waals surface area contributed by atoms with Gasteiger partial charge in [0.05, 0.1) is 25.8 Å². The van der Waals surface area contributed by atoms with Crippen molar-refractivity contribution >= 4 is 27.8 Å². The van der Waals surface area contributed by atoms with Crippen molar-refractivity contribution < 1.29 is 23.7 Å². The molecule has 0 saturated heterocycles. The molecule has 0 unspecified atom stereocenters. The van der Waals surface area contributed by atoms with E-state index >= 15 is 0 Å². The minimum Gasteiger partial charge on any atom is -0.496 e. The lowest BCUT2D eigenvalue weighted by molar-refractivity contribution is 0.104. The van der Waals surface area contributed by atoms with Gasteiger partial charge < -0.3 is 18.9 Å². The van der Waals surface area contributed by atoms with E-state index in [4.69, 9.17) is 18.9 Å². The zero-order valence-corrected chi connectivity index (χ0v) is 19.1. The van der Waals surface area contributed by atoms with Gasteiger partial charge in [0, 0.05) is 11.1 Å².